The lowest BCUT2D eigenvalue weighted by molar-refractivity contribution is -0.155. The predicted octanol–water partition coefficient (Wildman–Crippen LogP) is 13.2. The summed E-state index contributed by atoms with van der Waals surface area (Å²) in [4.78, 5) is 56.1. The maximum Gasteiger partial charge on any atom is 0.410 e. The van der Waals surface area contributed by atoms with Gasteiger partial charge in [0.2, 0.25) is 5.91 Å². The van der Waals surface area contributed by atoms with Crippen LogP contribution in [-0.4, -0.2) is 71.9 Å². The Morgan fingerprint density at radius 1 is 0.783 bits per heavy atom. The lowest BCUT2D eigenvalue weighted by Crippen LogP contribution is -2.53. The summed E-state index contributed by atoms with van der Waals surface area (Å²) in [6.45, 7) is 24.3. The van der Waals surface area contributed by atoms with Crippen LogP contribution < -0.4 is 10.6 Å². The second kappa shape index (κ2) is 21.6. The van der Waals surface area contributed by atoms with Gasteiger partial charge in [0.1, 0.15) is 23.9 Å². The molecule has 5 aliphatic carbocycles. The zero-order valence-electron chi connectivity index (χ0n) is 44.2. The minimum absolute atomic E-state index is 0.000329. The van der Waals surface area contributed by atoms with Gasteiger partial charge in [-0.1, -0.05) is 114 Å². The summed E-state index contributed by atoms with van der Waals surface area (Å²) >= 11 is 0. The molecule has 3 saturated carbocycles. The molecule has 7 rings (SSSR count). The maximum atomic E-state index is 14.1. The van der Waals surface area contributed by atoms with Gasteiger partial charge in [0.05, 0.1) is 0 Å². The Kier molecular flexibility index (Phi) is 16.4. The number of rotatable bonds is 17. The van der Waals surface area contributed by atoms with E-state index in [0.717, 1.165) is 77.5 Å². The number of nitrogens with zero attached hydrogens (tertiary/aromatic N) is 1. The first-order valence-corrected chi connectivity index (χ1v) is 26.9. The van der Waals surface area contributed by atoms with E-state index in [1.54, 1.807) is 20.8 Å². The molecular formula is C59H87N3O7. The summed E-state index contributed by atoms with van der Waals surface area (Å²) in [5.74, 6) is 3.58. The van der Waals surface area contributed by atoms with Gasteiger partial charge in [-0.2, -0.15) is 0 Å². The SMILES string of the molecule is CC(C)CCC[C@@H](C)C1CC[C@H]2[C@H]3CC=C4C[C@@H](N(CCCNC(=O)[C@H](CCC(=O)OC(C)(C)C)NC(=O)OCC5c6ccccc6-c6ccccc65)C(=O)OC(C)(C)C)CCC4(C)C3CCC12C. The van der Waals surface area contributed by atoms with E-state index in [9.17, 15) is 19.2 Å². The molecule has 3 fully saturated rings. The number of hydrogen-bond donors (Lipinski definition) is 2. The van der Waals surface area contributed by atoms with Crippen LogP contribution in [0.3, 0.4) is 0 Å². The summed E-state index contributed by atoms with van der Waals surface area (Å²) in [6, 6.07) is 15.2. The number of carbonyl (C=O) groups is 4. The van der Waals surface area contributed by atoms with Gasteiger partial charge in [0, 0.05) is 31.5 Å². The van der Waals surface area contributed by atoms with E-state index in [1.807, 2.05) is 49.9 Å². The number of carbonyl (C=O) groups excluding carboxylic acids is 4. The molecule has 2 aromatic carbocycles. The van der Waals surface area contributed by atoms with E-state index in [0.29, 0.717) is 24.3 Å². The second-order valence-electron chi connectivity index (χ2n) is 24.7. The summed E-state index contributed by atoms with van der Waals surface area (Å²) in [7, 11) is 0. The molecule has 2 N–H and O–H groups in total. The standard InChI is InChI=1S/C59H87N3O7/c1-38(2)18-16-19-39(3)48-26-27-49-46-25-24-40-36-41(30-32-58(40,10)50(46)31-33-59(48,49)11)62(55(66)69-57(7,8)9)35-17-34-60-53(64)51(28-29-52(63)68-56(4,5)6)61-54(65)67-37-47-44-22-14-12-20-42(44)43-21-13-15-23-45(43)47/h12-15,20-24,38-39,41,46-51H,16-19,25-37H2,1-11H3,(H,60,64)(H,61,65)/t39-,41+,46-,48?,49+,50?,51+,58?,59?/m1/s1. The molecule has 0 bridgehead atoms. The molecule has 0 spiro atoms. The highest BCUT2D eigenvalue weighted by Gasteiger charge is 2.59. The van der Waals surface area contributed by atoms with Crippen LogP contribution in [0.1, 0.15) is 183 Å². The number of benzene rings is 2. The Morgan fingerprint density at radius 3 is 2.10 bits per heavy atom. The number of ether oxygens (including phenoxy) is 3. The van der Waals surface area contributed by atoms with Crippen molar-refractivity contribution < 1.29 is 33.4 Å². The van der Waals surface area contributed by atoms with Crippen LogP contribution in [0.25, 0.3) is 11.1 Å². The average molecular weight is 950 g/mol. The molecule has 10 nitrogen and oxygen atoms in total. The first-order valence-electron chi connectivity index (χ1n) is 26.9. The summed E-state index contributed by atoms with van der Waals surface area (Å²) in [5, 5.41) is 5.77. The van der Waals surface area contributed by atoms with Crippen molar-refractivity contribution in [2.45, 2.75) is 195 Å². The molecule has 0 radical (unpaired) electrons. The number of allylic oxidation sites excluding steroid dienone is 1. The molecule has 69 heavy (non-hydrogen) atoms. The largest absolute Gasteiger partial charge is 0.460 e. The third kappa shape index (κ3) is 12.2. The van der Waals surface area contributed by atoms with E-state index in [2.05, 4.69) is 75.6 Å². The Bertz CT molecular complexity index is 2120. The van der Waals surface area contributed by atoms with Crippen LogP contribution in [0.2, 0.25) is 0 Å². The summed E-state index contributed by atoms with van der Waals surface area (Å²) in [5.41, 5.74) is 5.17. The van der Waals surface area contributed by atoms with E-state index in [1.165, 1.54) is 50.5 Å². The van der Waals surface area contributed by atoms with E-state index in [-0.39, 0.29) is 49.5 Å². The molecular weight excluding hydrogens is 863 g/mol. The van der Waals surface area contributed by atoms with Crippen LogP contribution >= 0.6 is 0 Å². The monoisotopic (exact) mass is 950 g/mol. The zero-order valence-corrected chi connectivity index (χ0v) is 44.2. The molecule has 10 heteroatoms. The highest BCUT2D eigenvalue weighted by Crippen LogP contribution is 2.67. The Morgan fingerprint density at radius 2 is 1.45 bits per heavy atom. The highest BCUT2D eigenvalue weighted by molar-refractivity contribution is 5.86. The predicted molar refractivity (Wildman–Crippen MR) is 274 cm³/mol. The molecule has 3 amide bonds. The van der Waals surface area contributed by atoms with Crippen LogP contribution in [-0.2, 0) is 23.8 Å². The fourth-order valence-corrected chi connectivity index (χ4v) is 14.0. The van der Waals surface area contributed by atoms with Gasteiger partial charge < -0.3 is 29.7 Å². The first kappa shape index (κ1) is 52.5. The molecule has 0 aromatic heterocycles. The van der Waals surface area contributed by atoms with Crippen molar-refractivity contribution in [3.63, 3.8) is 0 Å². The Hall–Kier alpha value is -4.34. The number of hydrogen-bond acceptors (Lipinski definition) is 7. The number of nitrogens with one attached hydrogen (secondary N) is 2. The molecule has 0 saturated heterocycles. The van der Waals surface area contributed by atoms with Crippen molar-refractivity contribution in [1.82, 2.24) is 15.5 Å². The molecule has 380 valence electrons. The normalized spacial score (nSPS) is 27.1. The van der Waals surface area contributed by atoms with Crippen LogP contribution in [0.5, 0.6) is 0 Å². The minimum atomic E-state index is -1.04. The van der Waals surface area contributed by atoms with Crippen molar-refractivity contribution in [1.29, 1.82) is 0 Å². The summed E-state index contributed by atoms with van der Waals surface area (Å²) < 4.78 is 17.4. The second-order valence-corrected chi connectivity index (χ2v) is 24.7. The van der Waals surface area contributed by atoms with Gasteiger partial charge in [-0.15, -0.1) is 0 Å². The quantitative estimate of drug-likeness (QED) is 0.0700. The van der Waals surface area contributed by atoms with Crippen molar-refractivity contribution in [3.8, 4) is 11.1 Å². The zero-order chi connectivity index (χ0) is 49.9. The maximum absolute atomic E-state index is 14.1. The number of amides is 3. The fraction of sp³-hybridized carbons (Fsp3) is 0.695. The smallest absolute Gasteiger partial charge is 0.410 e. The molecule has 5 aliphatic rings. The Labute approximate surface area is 415 Å². The molecule has 9 atom stereocenters. The molecule has 0 aliphatic heterocycles. The van der Waals surface area contributed by atoms with E-state index in [4.69, 9.17) is 14.2 Å². The van der Waals surface area contributed by atoms with Crippen molar-refractivity contribution in [2.75, 3.05) is 19.7 Å². The molecule has 0 heterocycles. The average Bonchev–Trinajstić information content (AvgIpc) is 3.80. The summed E-state index contributed by atoms with van der Waals surface area (Å²) in [6.07, 6.45) is 15.4. The lowest BCUT2D eigenvalue weighted by atomic mass is 9.46. The van der Waals surface area contributed by atoms with Crippen LogP contribution in [0, 0.1) is 46.3 Å². The minimum Gasteiger partial charge on any atom is -0.460 e. The van der Waals surface area contributed by atoms with Crippen LogP contribution in [0.4, 0.5) is 9.59 Å². The Balaban J connectivity index is 0.974. The number of fused-ring (bicyclic) bond motifs is 8. The topological polar surface area (TPSA) is 123 Å². The highest BCUT2D eigenvalue weighted by atomic mass is 16.6. The van der Waals surface area contributed by atoms with E-state index < -0.39 is 35.2 Å². The van der Waals surface area contributed by atoms with Gasteiger partial charge in [0.15, 0.2) is 0 Å². The van der Waals surface area contributed by atoms with Crippen molar-refractivity contribution >= 4 is 24.1 Å². The number of esters is 1. The van der Waals surface area contributed by atoms with Gasteiger partial charge in [-0.25, -0.2) is 9.59 Å². The van der Waals surface area contributed by atoms with Crippen molar-refractivity contribution in [2.24, 2.45) is 46.3 Å². The van der Waals surface area contributed by atoms with Gasteiger partial charge in [-0.3, -0.25) is 9.59 Å². The first-order chi connectivity index (χ1) is 32.6. The third-order valence-electron chi connectivity index (χ3n) is 17.2. The van der Waals surface area contributed by atoms with E-state index >= 15 is 0 Å². The van der Waals surface area contributed by atoms with Crippen LogP contribution in [0.15, 0.2) is 60.2 Å². The van der Waals surface area contributed by atoms with Gasteiger partial charge >= 0.3 is 18.2 Å². The fourth-order valence-electron chi connectivity index (χ4n) is 14.0. The van der Waals surface area contributed by atoms with Crippen molar-refractivity contribution in [3.05, 3.63) is 71.3 Å². The molecule has 4 unspecified atom stereocenters. The van der Waals surface area contributed by atoms with Gasteiger partial charge in [0.25, 0.3) is 0 Å². The number of alkyl carbamates (subject to hydrolysis) is 1. The van der Waals surface area contributed by atoms with Gasteiger partial charge in [-0.05, 0) is 174 Å². The lowest BCUT2D eigenvalue weighted by Gasteiger charge is -2.59. The third-order valence-corrected chi connectivity index (χ3v) is 17.2. The molecule has 2 aromatic rings.